The highest BCUT2D eigenvalue weighted by Crippen LogP contribution is 2.29. The van der Waals surface area contributed by atoms with Crippen molar-refractivity contribution in [1.82, 2.24) is 4.98 Å². The Morgan fingerprint density at radius 2 is 1.71 bits per heavy atom. The SMILES string of the molecule is Cc1ccc(-c2csc(-c3cc4cc(C)ccc4oc3=O)n2)cc1. The van der Waals surface area contributed by atoms with Crippen LogP contribution >= 0.6 is 11.3 Å². The minimum Gasteiger partial charge on any atom is -0.422 e. The van der Waals surface area contributed by atoms with E-state index >= 15 is 0 Å². The van der Waals surface area contributed by atoms with E-state index in [9.17, 15) is 4.79 Å². The summed E-state index contributed by atoms with van der Waals surface area (Å²) in [6.45, 7) is 4.07. The van der Waals surface area contributed by atoms with Crippen molar-refractivity contribution in [1.29, 1.82) is 0 Å². The molecule has 3 nitrogen and oxygen atoms in total. The summed E-state index contributed by atoms with van der Waals surface area (Å²) in [5, 5.41) is 3.57. The summed E-state index contributed by atoms with van der Waals surface area (Å²) >= 11 is 1.46. The maximum Gasteiger partial charge on any atom is 0.346 e. The van der Waals surface area contributed by atoms with Crippen molar-refractivity contribution >= 4 is 22.3 Å². The number of fused-ring (bicyclic) bond motifs is 1. The standard InChI is InChI=1S/C20H15NO2S/c1-12-3-6-14(7-4-12)17-11-24-19(21-17)16-10-15-9-13(2)5-8-18(15)23-20(16)22/h3-11H,1-2H3. The summed E-state index contributed by atoms with van der Waals surface area (Å²) in [5.41, 5.74) is 5.02. The van der Waals surface area contributed by atoms with Gasteiger partial charge in [0.15, 0.2) is 0 Å². The molecule has 2 heterocycles. The topological polar surface area (TPSA) is 43.1 Å². The highest BCUT2D eigenvalue weighted by molar-refractivity contribution is 7.13. The number of nitrogens with zero attached hydrogens (tertiary/aromatic N) is 1. The van der Waals surface area contributed by atoms with Crippen molar-refractivity contribution in [2.45, 2.75) is 13.8 Å². The normalized spacial score (nSPS) is 11.1. The molecule has 0 aliphatic rings. The molecule has 2 aromatic heterocycles. The molecule has 0 aliphatic heterocycles. The van der Waals surface area contributed by atoms with Crippen LogP contribution in [-0.2, 0) is 0 Å². The van der Waals surface area contributed by atoms with Crippen LogP contribution in [0.2, 0.25) is 0 Å². The van der Waals surface area contributed by atoms with Gasteiger partial charge < -0.3 is 4.42 Å². The Balaban J connectivity index is 1.81. The highest BCUT2D eigenvalue weighted by Gasteiger charge is 2.13. The number of hydrogen-bond donors (Lipinski definition) is 0. The summed E-state index contributed by atoms with van der Waals surface area (Å²) in [6, 6.07) is 15.8. The van der Waals surface area contributed by atoms with E-state index in [1.54, 1.807) is 0 Å². The summed E-state index contributed by atoms with van der Waals surface area (Å²) in [7, 11) is 0. The molecule has 4 aromatic rings. The van der Waals surface area contributed by atoms with E-state index in [-0.39, 0.29) is 5.63 Å². The van der Waals surface area contributed by atoms with E-state index in [4.69, 9.17) is 4.42 Å². The Morgan fingerprint density at radius 1 is 0.958 bits per heavy atom. The zero-order chi connectivity index (χ0) is 16.7. The van der Waals surface area contributed by atoms with Gasteiger partial charge in [-0.15, -0.1) is 11.3 Å². The van der Waals surface area contributed by atoms with Crippen LogP contribution < -0.4 is 5.63 Å². The molecule has 0 bridgehead atoms. The van der Waals surface area contributed by atoms with E-state index in [0.717, 1.165) is 22.2 Å². The Kier molecular flexibility index (Phi) is 3.54. The number of hydrogen-bond acceptors (Lipinski definition) is 4. The number of benzene rings is 2. The van der Waals surface area contributed by atoms with Crippen molar-refractivity contribution < 1.29 is 4.42 Å². The largest absolute Gasteiger partial charge is 0.422 e. The zero-order valence-corrected chi connectivity index (χ0v) is 14.2. The van der Waals surface area contributed by atoms with E-state index in [1.165, 1.54) is 16.9 Å². The molecule has 118 valence electrons. The van der Waals surface area contributed by atoms with Gasteiger partial charge in [0.05, 0.1) is 11.3 Å². The minimum atomic E-state index is -0.351. The van der Waals surface area contributed by atoms with Gasteiger partial charge >= 0.3 is 5.63 Å². The maximum atomic E-state index is 12.3. The average Bonchev–Trinajstić information content (AvgIpc) is 3.05. The molecule has 0 spiro atoms. The fourth-order valence-electron chi connectivity index (χ4n) is 2.65. The predicted octanol–water partition coefficient (Wildman–Crippen LogP) is 5.20. The molecular weight excluding hydrogens is 318 g/mol. The van der Waals surface area contributed by atoms with Gasteiger partial charge in [0.2, 0.25) is 0 Å². The molecule has 24 heavy (non-hydrogen) atoms. The van der Waals surface area contributed by atoms with Gasteiger partial charge in [0.25, 0.3) is 0 Å². The molecule has 0 unspecified atom stereocenters. The number of rotatable bonds is 2. The molecule has 0 N–H and O–H groups in total. The lowest BCUT2D eigenvalue weighted by atomic mass is 10.1. The second kappa shape index (κ2) is 5.73. The van der Waals surface area contributed by atoms with Crippen molar-refractivity contribution in [3.8, 4) is 21.8 Å². The van der Waals surface area contributed by atoms with Crippen LogP contribution in [-0.4, -0.2) is 4.98 Å². The summed E-state index contributed by atoms with van der Waals surface area (Å²) in [6.07, 6.45) is 0. The molecule has 0 amide bonds. The fraction of sp³-hybridized carbons (Fsp3) is 0.100. The number of thiazole rings is 1. The summed E-state index contributed by atoms with van der Waals surface area (Å²) in [5.74, 6) is 0. The van der Waals surface area contributed by atoms with E-state index in [2.05, 4.69) is 24.0 Å². The van der Waals surface area contributed by atoms with Gasteiger partial charge in [-0.1, -0.05) is 41.5 Å². The Hall–Kier alpha value is -2.72. The molecular formula is C20H15NO2S. The molecule has 0 saturated heterocycles. The second-order valence-electron chi connectivity index (χ2n) is 5.89. The Labute approximate surface area is 143 Å². The van der Waals surface area contributed by atoms with Crippen LogP contribution in [0.4, 0.5) is 0 Å². The molecule has 0 saturated carbocycles. The van der Waals surface area contributed by atoms with Crippen molar-refractivity contribution in [3.63, 3.8) is 0 Å². The van der Waals surface area contributed by atoms with Crippen molar-refractivity contribution in [3.05, 3.63) is 75.5 Å². The van der Waals surface area contributed by atoms with Crippen LogP contribution in [0.15, 0.2) is 63.1 Å². The number of aryl methyl sites for hydroxylation is 2. The van der Waals surface area contributed by atoms with Crippen LogP contribution in [0, 0.1) is 13.8 Å². The minimum absolute atomic E-state index is 0.351. The predicted molar refractivity (Wildman–Crippen MR) is 98.5 cm³/mol. The molecule has 4 heteroatoms. The Bertz CT molecular complexity index is 1090. The van der Waals surface area contributed by atoms with Crippen LogP contribution in [0.3, 0.4) is 0 Å². The monoisotopic (exact) mass is 333 g/mol. The third-order valence-corrected chi connectivity index (χ3v) is 4.85. The van der Waals surface area contributed by atoms with Gasteiger partial charge in [-0.2, -0.15) is 0 Å². The van der Waals surface area contributed by atoms with Crippen molar-refractivity contribution in [2.24, 2.45) is 0 Å². The third kappa shape index (κ3) is 2.65. The van der Waals surface area contributed by atoms with E-state index in [0.29, 0.717) is 16.2 Å². The average molecular weight is 333 g/mol. The first kappa shape index (κ1) is 14.8. The lowest BCUT2D eigenvalue weighted by molar-refractivity contribution is 0.563. The quantitative estimate of drug-likeness (QED) is 0.474. The van der Waals surface area contributed by atoms with Crippen LogP contribution in [0.1, 0.15) is 11.1 Å². The lowest BCUT2D eigenvalue weighted by Crippen LogP contribution is -2.02. The molecule has 2 aromatic carbocycles. The number of aromatic nitrogens is 1. The van der Waals surface area contributed by atoms with Crippen LogP contribution in [0.25, 0.3) is 32.8 Å². The summed E-state index contributed by atoms with van der Waals surface area (Å²) in [4.78, 5) is 16.9. The first-order valence-electron chi connectivity index (χ1n) is 7.67. The zero-order valence-electron chi connectivity index (χ0n) is 13.4. The van der Waals surface area contributed by atoms with Gasteiger partial charge in [-0.05, 0) is 32.0 Å². The van der Waals surface area contributed by atoms with Gasteiger partial charge in [0, 0.05) is 16.3 Å². The second-order valence-corrected chi connectivity index (χ2v) is 6.75. The van der Waals surface area contributed by atoms with Crippen molar-refractivity contribution in [2.75, 3.05) is 0 Å². The molecule has 0 radical (unpaired) electrons. The van der Waals surface area contributed by atoms with Crippen LogP contribution in [0.5, 0.6) is 0 Å². The molecule has 4 rings (SSSR count). The van der Waals surface area contributed by atoms with Gasteiger partial charge in [-0.3, -0.25) is 0 Å². The Morgan fingerprint density at radius 3 is 2.50 bits per heavy atom. The third-order valence-electron chi connectivity index (χ3n) is 3.97. The first-order chi connectivity index (χ1) is 11.6. The van der Waals surface area contributed by atoms with Gasteiger partial charge in [0.1, 0.15) is 10.6 Å². The molecule has 0 aliphatic carbocycles. The fourth-order valence-corrected chi connectivity index (χ4v) is 3.48. The first-order valence-corrected chi connectivity index (χ1v) is 8.55. The van der Waals surface area contributed by atoms with E-state index < -0.39 is 0 Å². The lowest BCUT2D eigenvalue weighted by Gasteiger charge is -2.01. The van der Waals surface area contributed by atoms with E-state index in [1.807, 2.05) is 48.7 Å². The van der Waals surface area contributed by atoms with Gasteiger partial charge in [-0.25, -0.2) is 9.78 Å². The highest BCUT2D eigenvalue weighted by atomic mass is 32.1. The summed E-state index contributed by atoms with van der Waals surface area (Å²) < 4.78 is 5.44. The molecule has 0 atom stereocenters. The smallest absolute Gasteiger partial charge is 0.346 e. The molecule has 0 fully saturated rings. The maximum absolute atomic E-state index is 12.3.